The van der Waals surface area contributed by atoms with E-state index >= 15 is 0 Å². The third-order valence-corrected chi connectivity index (χ3v) is 6.36. The highest BCUT2D eigenvalue weighted by atomic mass is 35.5. The van der Waals surface area contributed by atoms with E-state index in [0.717, 1.165) is 26.0 Å². The van der Waals surface area contributed by atoms with Crippen LogP contribution in [0, 0.1) is 6.92 Å². The van der Waals surface area contributed by atoms with E-state index in [1.54, 1.807) is 17.7 Å². The molecule has 2 heterocycles. The zero-order valence-electron chi connectivity index (χ0n) is 13.9. The van der Waals surface area contributed by atoms with Crippen LogP contribution < -0.4 is 4.80 Å². The van der Waals surface area contributed by atoms with Gasteiger partial charge in [0, 0.05) is 17.1 Å². The zero-order valence-corrected chi connectivity index (χ0v) is 16.3. The van der Waals surface area contributed by atoms with Crippen molar-refractivity contribution in [2.24, 2.45) is 4.99 Å². The molecule has 26 heavy (non-hydrogen) atoms. The van der Waals surface area contributed by atoms with Gasteiger partial charge in [-0.15, -0.1) is 17.9 Å². The van der Waals surface area contributed by atoms with Gasteiger partial charge in [-0.05, 0) is 42.8 Å². The molecule has 4 nitrogen and oxygen atoms in total. The summed E-state index contributed by atoms with van der Waals surface area (Å²) in [6.07, 6.45) is 1.79. The monoisotopic (exact) mass is 399 g/mol. The first-order chi connectivity index (χ1) is 12.6. The molecule has 4 rings (SSSR count). The molecular weight excluding hydrogens is 386 g/mol. The molecule has 0 fully saturated rings. The van der Waals surface area contributed by atoms with Crippen molar-refractivity contribution in [3.05, 3.63) is 69.4 Å². The number of amides is 1. The van der Waals surface area contributed by atoms with Crippen LogP contribution in [0.1, 0.15) is 15.9 Å². The Hall–Kier alpha value is -2.28. The molecule has 7 heteroatoms. The molecule has 0 saturated heterocycles. The van der Waals surface area contributed by atoms with Crippen LogP contribution in [0.4, 0.5) is 0 Å². The van der Waals surface area contributed by atoms with Crippen molar-refractivity contribution in [2.75, 3.05) is 0 Å². The van der Waals surface area contributed by atoms with Gasteiger partial charge >= 0.3 is 0 Å². The number of aryl methyl sites for hydroxylation is 1. The highest BCUT2D eigenvalue weighted by molar-refractivity contribution is 7.17. The number of hydrogen-bond donors (Lipinski definition) is 0. The summed E-state index contributed by atoms with van der Waals surface area (Å²) >= 11 is 9.26. The molecule has 0 saturated carbocycles. The van der Waals surface area contributed by atoms with Crippen LogP contribution in [0.5, 0.6) is 0 Å². The van der Waals surface area contributed by atoms with Crippen LogP contribution >= 0.6 is 34.3 Å². The fourth-order valence-electron chi connectivity index (χ4n) is 2.84. The Morgan fingerprint density at radius 3 is 3.00 bits per heavy atom. The second kappa shape index (κ2) is 6.79. The van der Waals surface area contributed by atoms with E-state index in [9.17, 15) is 4.79 Å². The normalized spacial score (nSPS) is 12.2. The maximum absolute atomic E-state index is 12.7. The van der Waals surface area contributed by atoms with Gasteiger partial charge in [-0.25, -0.2) is 4.98 Å². The van der Waals surface area contributed by atoms with E-state index < -0.39 is 0 Å². The first-order valence-electron chi connectivity index (χ1n) is 7.90. The third-order valence-electron chi connectivity index (χ3n) is 4.12. The summed E-state index contributed by atoms with van der Waals surface area (Å²) in [5.74, 6) is -0.270. The SMILES string of the molecule is C=CCn1c(=NC(=O)c2ccc3ncsc3c2)sc2ccc(Cl)c(C)c21. The summed E-state index contributed by atoms with van der Waals surface area (Å²) < 4.78 is 4.00. The number of aromatic nitrogens is 2. The molecule has 4 aromatic rings. The van der Waals surface area contributed by atoms with Gasteiger partial charge in [-0.2, -0.15) is 4.99 Å². The van der Waals surface area contributed by atoms with Gasteiger partial charge in [0.25, 0.3) is 5.91 Å². The summed E-state index contributed by atoms with van der Waals surface area (Å²) in [4.78, 5) is 22.0. The molecule has 0 spiro atoms. The highest BCUT2D eigenvalue weighted by Crippen LogP contribution is 2.27. The van der Waals surface area contributed by atoms with Crippen molar-refractivity contribution in [3.63, 3.8) is 0 Å². The fraction of sp³-hybridized carbons (Fsp3) is 0.105. The number of fused-ring (bicyclic) bond motifs is 2. The number of allylic oxidation sites excluding steroid dienone is 1. The molecule has 0 radical (unpaired) electrons. The number of benzene rings is 2. The minimum absolute atomic E-state index is 0.270. The number of carbonyl (C=O) groups excluding carboxylic acids is 1. The molecule has 0 aliphatic heterocycles. The predicted molar refractivity (Wildman–Crippen MR) is 109 cm³/mol. The second-order valence-corrected chi connectivity index (χ2v) is 8.06. The summed E-state index contributed by atoms with van der Waals surface area (Å²) in [5, 5.41) is 0.696. The maximum atomic E-state index is 12.7. The van der Waals surface area contributed by atoms with Gasteiger partial charge in [0.15, 0.2) is 4.80 Å². The lowest BCUT2D eigenvalue weighted by Gasteiger charge is -2.05. The fourth-order valence-corrected chi connectivity index (χ4v) is 4.80. The Labute approximate surface area is 162 Å². The Morgan fingerprint density at radius 2 is 2.19 bits per heavy atom. The molecule has 1 amide bonds. The number of thiazole rings is 2. The van der Waals surface area contributed by atoms with Crippen molar-refractivity contribution in [3.8, 4) is 0 Å². The number of halogens is 1. The summed E-state index contributed by atoms with van der Waals surface area (Å²) in [5.41, 5.74) is 5.18. The lowest BCUT2D eigenvalue weighted by atomic mass is 10.2. The predicted octanol–water partition coefficient (Wildman–Crippen LogP) is 5.20. The summed E-state index contributed by atoms with van der Waals surface area (Å²) in [7, 11) is 0. The molecule has 0 aliphatic carbocycles. The first-order valence-corrected chi connectivity index (χ1v) is 9.97. The minimum atomic E-state index is -0.270. The van der Waals surface area contributed by atoms with E-state index in [4.69, 9.17) is 11.6 Å². The molecule has 2 aromatic carbocycles. The first kappa shape index (κ1) is 17.1. The van der Waals surface area contributed by atoms with Crippen LogP contribution in [0.15, 0.2) is 53.5 Å². The lowest BCUT2D eigenvalue weighted by molar-refractivity contribution is 0.0998. The Morgan fingerprint density at radius 1 is 1.35 bits per heavy atom. The quantitative estimate of drug-likeness (QED) is 0.444. The van der Waals surface area contributed by atoms with Gasteiger partial charge in [-0.1, -0.05) is 29.0 Å². The second-order valence-electron chi connectivity index (χ2n) is 5.75. The van der Waals surface area contributed by atoms with Crippen LogP contribution in [0.2, 0.25) is 5.02 Å². The standard InChI is InChI=1S/C19H14ClN3OS2/c1-3-8-23-17-11(2)13(20)5-7-15(17)26-19(23)22-18(24)12-4-6-14-16(9-12)25-10-21-14/h3-7,9-10H,1,8H2,2H3. The topological polar surface area (TPSA) is 47.2 Å². The Bertz CT molecular complexity index is 1230. The van der Waals surface area contributed by atoms with Crippen molar-refractivity contribution in [1.29, 1.82) is 0 Å². The molecular formula is C19H14ClN3OS2. The van der Waals surface area contributed by atoms with Crippen molar-refractivity contribution >= 4 is 60.6 Å². The lowest BCUT2D eigenvalue weighted by Crippen LogP contribution is -2.16. The van der Waals surface area contributed by atoms with Gasteiger partial charge < -0.3 is 4.57 Å². The van der Waals surface area contributed by atoms with E-state index in [-0.39, 0.29) is 5.91 Å². The minimum Gasteiger partial charge on any atom is -0.312 e. The van der Waals surface area contributed by atoms with Crippen LogP contribution in [-0.4, -0.2) is 15.5 Å². The van der Waals surface area contributed by atoms with Gasteiger partial charge in [0.1, 0.15) is 0 Å². The average Bonchev–Trinajstić information content (AvgIpc) is 3.23. The molecule has 0 bridgehead atoms. The molecule has 0 N–H and O–H groups in total. The number of hydrogen-bond acceptors (Lipinski definition) is 4. The highest BCUT2D eigenvalue weighted by Gasteiger charge is 2.12. The zero-order chi connectivity index (χ0) is 18.3. The van der Waals surface area contributed by atoms with Crippen molar-refractivity contribution < 1.29 is 4.79 Å². The largest absolute Gasteiger partial charge is 0.312 e. The summed E-state index contributed by atoms with van der Waals surface area (Å²) in [6, 6.07) is 9.29. The third kappa shape index (κ3) is 2.90. The van der Waals surface area contributed by atoms with E-state index in [1.165, 1.54) is 22.7 Å². The van der Waals surface area contributed by atoms with Crippen LogP contribution in [0.3, 0.4) is 0 Å². The average molecular weight is 400 g/mol. The number of rotatable bonds is 3. The van der Waals surface area contributed by atoms with E-state index in [2.05, 4.69) is 16.6 Å². The Balaban J connectivity index is 1.89. The summed E-state index contributed by atoms with van der Waals surface area (Å²) in [6.45, 7) is 6.35. The van der Waals surface area contributed by atoms with E-state index in [1.807, 2.05) is 35.8 Å². The molecule has 130 valence electrons. The number of carbonyl (C=O) groups is 1. The van der Waals surface area contributed by atoms with Crippen LogP contribution in [0.25, 0.3) is 20.4 Å². The maximum Gasteiger partial charge on any atom is 0.279 e. The van der Waals surface area contributed by atoms with Crippen molar-refractivity contribution in [2.45, 2.75) is 13.5 Å². The van der Waals surface area contributed by atoms with E-state index in [0.29, 0.717) is 21.9 Å². The van der Waals surface area contributed by atoms with Crippen molar-refractivity contribution in [1.82, 2.24) is 9.55 Å². The molecule has 0 unspecified atom stereocenters. The molecule has 0 aliphatic rings. The molecule has 2 aromatic heterocycles. The molecule has 0 atom stereocenters. The van der Waals surface area contributed by atoms with Gasteiger partial charge in [0.05, 0.1) is 25.9 Å². The van der Waals surface area contributed by atoms with Gasteiger partial charge in [0.2, 0.25) is 0 Å². The van der Waals surface area contributed by atoms with Crippen LogP contribution in [-0.2, 0) is 6.54 Å². The number of nitrogens with zero attached hydrogens (tertiary/aromatic N) is 3. The van der Waals surface area contributed by atoms with Gasteiger partial charge in [-0.3, -0.25) is 4.79 Å². The smallest absolute Gasteiger partial charge is 0.279 e. The Kier molecular flexibility index (Phi) is 4.48.